The van der Waals surface area contributed by atoms with Crippen molar-refractivity contribution in [2.75, 3.05) is 31.5 Å². The van der Waals surface area contributed by atoms with E-state index in [1.54, 1.807) is 6.07 Å². The number of rotatable bonds is 9. The molecule has 0 unspecified atom stereocenters. The maximum Gasteiger partial charge on any atom is 0.226 e. The Labute approximate surface area is 220 Å². The van der Waals surface area contributed by atoms with E-state index < -0.39 is 9.84 Å². The minimum atomic E-state index is -3.89. The van der Waals surface area contributed by atoms with E-state index in [0.29, 0.717) is 23.6 Å². The van der Waals surface area contributed by atoms with Crippen LogP contribution < -0.4 is 5.32 Å². The first kappa shape index (κ1) is 25.5. The zero-order valence-electron chi connectivity index (χ0n) is 21.7. The number of aliphatic imine (C=N–C) groups is 1. The van der Waals surface area contributed by atoms with Gasteiger partial charge in [-0.1, -0.05) is 54.3 Å². The van der Waals surface area contributed by atoms with Gasteiger partial charge in [0.25, 0.3) is 0 Å². The fourth-order valence-electron chi connectivity index (χ4n) is 5.09. The van der Waals surface area contributed by atoms with E-state index in [1.807, 2.05) is 50.2 Å². The fraction of sp³-hybridized carbons (Fsp3) is 0.414. The molecular weight excluding hydrogens is 482 g/mol. The van der Waals surface area contributed by atoms with Gasteiger partial charge in [0.2, 0.25) is 9.84 Å². The van der Waals surface area contributed by atoms with Gasteiger partial charge < -0.3 is 10.2 Å². The molecule has 0 bridgehead atoms. The number of hydrogen-bond donors (Lipinski definition) is 1. The van der Waals surface area contributed by atoms with Gasteiger partial charge in [0.05, 0.1) is 10.6 Å². The topological polar surface area (TPSA) is 87.6 Å². The van der Waals surface area contributed by atoms with Crippen LogP contribution >= 0.6 is 0 Å². The van der Waals surface area contributed by atoms with E-state index in [4.69, 9.17) is 4.99 Å². The van der Waals surface area contributed by atoms with Gasteiger partial charge in [-0.2, -0.15) is 0 Å². The average Bonchev–Trinajstić information content (AvgIpc) is 3.38. The number of fused-ring (bicyclic) bond motifs is 2. The molecule has 2 aliphatic heterocycles. The van der Waals surface area contributed by atoms with Gasteiger partial charge in [0.15, 0.2) is 10.8 Å². The second kappa shape index (κ2) is 11.1. The molecule has 194 valence electrons. The molecule has 0 spiro atoms. The van der Waals surface area contributed by atoms with E-state index >= 15 is 0 Å². The SMILES string of the molecule is Cc1ccc(C2=Nc3c(NCCCCCCN4CCCC4)ncnc3S(=O)(=O)c3ccc(C)cc32)cc1. The summed E-state index contributed by atoms with van der Waals surface area (Å²) in [5.74, 6) is 0.458. The molecule has 37 heavy (non-hydrogen) atoms. The summed E-state index contributed by atoms with van der Waals surface area (Å²) in [5, 5.41) is 3.30. The number of likely N-dealkylation sites (tertiary alicyclic amines) is 1. The number of unbranched alkanes of at least 4 members (excludes halogenated alkanes) is 3. The molecule has 5 rings (SSSR count). The molecule has 0 atom stereocenters. The number of aromatic nitrogens is 2. The molecule has 7 nitrogen and oxygen atoms in total. The highest BCUT2D eigenvalue weighted by atomic mass is 32.2. The lowest BCUT2D eigenvalue weighted by molar-refractivity contribution is 0.328. The van der Waals surface area contributed by atoms with Gasteiger partial charge in [-0.25, -0.2) is 23.4 Å². The molecule has 0 radical (unpaired) electrons. The molecule has 1 fully saturated rings. The van der Waals surface area contributed by atoms with Crippen LogP contribution in [0, 0.1) is 13.8 Å². The Hall–Kier alpha value is -3.10. The van der Waals surface area contributed by atoms with E-state index in [9.17, 15) is 8.42 Å². The summed E-state index contributed by atoms with van der Waals surface area (Å²) < 4.78 is 27.5. The van der Waals surface area contributed by atoms with Crippen LogP contribution in [0.3, 0.4) is 0 Å². The molecule has 2 aromatic carbocycles. The van der Waals surface area contributed by atoms with Gasteiger partial charge in [-0.15, -0.1) is 0 Å². The Morgan fingerprint density at radius 1 is 0.892 bits per heavy atom. The summed E-state index contributed by atoms with van der Waals surface area (Å²) in [6, 6.07) is 13.4. The van der Waals surface area contributed by atoms with Crippen molar-refractivity contribution in [2.24, 2.45) is 4.99 Å². The Kier molecular flexibility index (Phi) is 7.67. The van der Waals surface area contributed by atoms with E-state index in [2.05, 4.69) is 20.2 Å². The zero-order valence-corrected chi connectivity index (χ0v) is 22.5. The van der Waals surface area contributed by atoms with Crippen molar-refractivity contribution in [1.29, 1.82) is 0 Å². The maximum atomic E-state index is 13.8. The van der Waals surface area contributed by atoms with Crippen molar-refractivity contribution < 1.29 is 8.42 Å². The quantitative estimate of drug-likeness (QED) is 0.234. The van der Waals surface area contributed by atoms with Gasteiger partial charge in [0.1, 0.15) is 12.0 Å². The number of nitrogens with one attached hydrogen (secondary N) is 1. The number of sulfone groups is 1. The fourth-order valence-corrected chi connectivity index (χ4v) is 6.57. The first-order chi connectivity index (χ1) is 17.9. The summed E-state index contributed by atoms with van der Waals surface area (Å²) in [5.41, 5.74) is 4.43. The summed E-state index contributed by atoms with van der Waals surface area (Å²) in [7, 11) is -3.89. The Bertz CT molecular complexity index is 1390. The third-order valence-electron chi connectivity index (χ3n) is 7.16. The first-order valence-corrected chi connectivity index (χ1v) is 14.7. The first-order valence-electron chi connectivity index (χ1n) is 13.3. The number of anilines is 1. The van der Waals surface area contributed by atoms with Crippen LogP contribution in [0.1, 0.15) is 60.8 Å². The molecule has 3 heterocycles. The largest absolute Gasteiger partial charge is 0.368 e. The smallest absolute Gasteiger partial charge is 0.226 e. The minimum Gasteiger partial charge on any atom is -0.368 e. The van der Waals surface area contributed by atoms with Crippen LogP contribution in [0.15, 0.2) is 63.7 Å². The number of nitrogens with zero attached hydrogens (tertiary/aromatic N) is 4. The molecule has 0 saturated carbocycles. The number of hydrogen-bond acceptors (Lipinski definition) is 7. The average molecular weight is 518 g/mol. The maximum absolute atomic E-state index is 13.8. The predicted octanol–water partition coefficient (Wildman–Crippen LogP) is 5.48. The van der Waals surface area contributed by atoms with Gasteiger partial charge in [0, 0.05) is 17.7 Å². The molecule has 3 aromatic rings. The van der Waals surface area contributed by atoms with E-state index in [1.165, 1.54) is 51.6 Å². The van der Waals surface area contributed by atoms with Crippen LogP contribution in [-0.4, -0.2) is 55.2 Å². The van der Waals surface area contributed by atoms with Gasteiger partial charge >= 0.3 is 0 Å². The van der Waals surface area contributed by atoms with Crippen molar-refractivity contribution >= 4 is 27.1 Å². The zero-order chi connectivity index (χ0) is 25.8. The van der Waals surface area contributed by atoms with Crippen LogP contribution in [0.2, 0.25) is 0 Å². The summed E-state index contributed by atoms with van der Waals surface area (Å²) in [6.07, 6.45) is 8.51. The van der Waals surface area contributed by atoms with Crippen molar-refractivity contribution in [2.45, 2.75) is 62.3 Å². The lowest BCUT2D eigenvalue weighted by Crippen LogP contribution is -2.20. The second-order valence-electron chi connectivity index (χ2n) is 10.1. The van der Waals surface area contributed by atoms with Crippen molar-refractivity contribution in [3.05, 3.63) is 71.0 Å². The molecule has 8 heteroatoms. The molecule has 1 aromatic heterocycles. The summed E-state index contributed by atoms with van der Waals surface area (Å²) in [6.45, 7) is 8.37. The van der Waals surface area contributed by atoms with Gasteiger partial charge in [-0.05, 0) is 71.3 Å². The molecule has 0 aliphatic carbocycles. The Morgan fingerprint density at radius 2 is 1.62 bits per heavy atom. The highest BCUT2D eigenvalue weighted by molar-refractivity contribution is 7.91. The minimum absolute atomic E-state index is 0.0529. The third-order valence-corrected chi connectivity index (χ3v) is 8.91. The van der Waals surface area contributed by atoms with Crippen LogP contribution in [-0.2, 0) is 9.84 Å². The Balaban J connectivity index is 1.40. The lowest BCUT2D eigenvalue weighted by Gasteiger charge is -2.14. The summed E-state index contributed by atoms with van der Waals surface area (Å²) >= 11 is 0. The number of aryl methyl sites for hydroxylation is 2. The highest BCUT2D eigenvalue weighted by Gasteiger charge is 2.33. The predicted molar refractivity (Wildman–Crippen MR) is 148 cm³/mol. The molecule has 1 N–H and O–H groups in total. The Morgan fingerprint density at radius 3 is 2.41 bits per heavy atom. The highest BCUT2D eigenvalue weighted by Crippen LogP contribution is 2.39. The third kappa shape index (κ3) is 5.60. The molecular formula is C29H35N5O2S. The lowest BCUT2D eigenvalue weighted by atomic mass is 9.99. The second-order valence-corrected chi connectivity index (χ2v) is 11.9. The molecule has 2 aliphatic rings. The van der Waals surface area contributed by atoms with Crippen molar-refractivity contribution in [3.63, 3.8) is 0 Å². The normalized spacial score (nSPS) is 16.5. The number of benzene rings is 2. The molecule has 1 saturated heterocycles. The summed E-state index contributed by atoms with van der Waals surface area (Å²) in [4.78, 5) is 16.3. The van der Waals surface area contributed by atoms with Crippen molar-refractivity contribution in [3.8, 4) is 0 Å². The molecule has 0 amide bonds. The van der Waals surface area contributed by atoms with Gasteiger partial charge in [-0.3, -0.25) is 0 Å². The van der Waals surface area contributed by atoms with Crippen molar-refractivity contribution in [1.82, 2.24) is 14.9 Å². The van der Waals surface area contributed by atoms with Crippen LogP contribution in [0.5, 0.6) is 0 Å². The monoisotopic (exact) mass is 517 g/mol. The standard InChI is InChI=1S/C29H35N5O2S/c1-21-9-12-23(13-10-21)26-24-19-22(2)11-14-25(24)37(35,36)29-27(33-26)28(31-20-32-29)30-15-5-3-4-6-16-34-17-7-8-18-34/h9-14,19-20H,3-8,15-18H2,1-2H3,(H,30,31,32). The van der Waals surface area contributed by atoms with Crippen LogP contribution in [0.25, 0.3) is 0 Å². The van der Waals surface area contributed by atoms with E-state index in [-0.39, 0.29) is 15.6 Å². The van der Waals surface area contributed by atoms with E-state index in [0.717, 1.165) is 29.5 Å². The van der Waals surface area contributed by atoms with Crippen LogP contribution in [0.4, 0.5) is 11.5 Å².